The first-order valence-corrected chi connectivity index (χ1v) is 15.4. The first kappa shape index (κ1) is 17.8. The minimum absolute atomic E-state index is 0.546. The van der Waals surface area contributed by atoms with Crippen LogP contribution < -0.4 is 0 Å². The molecule has 0 amide bonds. The molecule has 0 spiro atoms. The van der Waals surface area contributed by atoms with Gasteiger partial charge in [-0.2, -0.15) is 0 Å². The standard InChI is InChI=1S/C23H32Ge/c1-4-24(5-2,6-3)22-19-23(22,17-20-13-9-7-10-14-20)18-21-15-11-8-12-16-21/h7-16,22H,4-6,17-19H2,1-3H3. The first-order valence-electron chi connectivity index (χ1n) is 9.76. The molecule has 1 atom stereocenters. The Hall–Kier alpha value is -1.02. The molecule has 1 saturated carbocycles. The topological polar surface area (TPSA) is 0 Å². The number of hydrogen-bond acceptors (Lipinski definition) is 0. The zero-order valence-electron chi connectivity index (χ0n) is 15.6. The Bertz CT molecular complexity index is 578. The zero-order valence-corrected chi connectivity index (χ0v) is 17.7. The molecular weight excluding hydrogens is 349 g/mol. The van der Waals surface area contributed by atoms with Gasteiger partial charge in [-0.15, -0.1) is 0 Å². The summed E-state index contributed by atoms with van der Waals surface area (Å²) in [6, 6.07) is 22.4. The fourth-order valence-corrected chi connectivity index (χ4v) is 16.3. The van der Waals surface area contributed by atoms with Crippen molar-refractivity contribution in [2.75, 3.05) is 0 Å². The summed E-state index contributed by atoms with van der Waals surface area (Å²) >= 11 is -1.71. The molecule has 1 aliphatic carbocycles. The third-order valence-electron chi connectivity index (χ3n) is 6.84. The maximum atomic E-state index is 2.49. The van der Waals surface area contributed by atoms with E-state index in [9.17, 15) is 0 Å². The fourth-order valence-electron chi connectivity index (χ4n) is 5.16. The molecular formula is C23H32Ge. The Labute approximate surface area is 151 Å². The average molecular weight is 381 g/mol. The number of benzene rings is 2. The van der Waals surface area contributed by atoms with E-state index in [0.29, 0.717) is 5.41 Å². The third kappa shape index (κ3) is 3.49. The summed E-state index contributed by atoms with van der Waals surface area (Å²) in [5, 5.41) is 4.51. The molecule has 0 heterocycles. The number of rotatable bonds is 8. The van der Waals surface area contributed by atoms with Crippen LogP contribution in [0.5, 0.6) is 0 Å². The molecule has 128 valence electrons. The maximum absolute atomic E-state index is 2.49. The Kier molecular flexibility index (Phi) is 5.54. The normalized spacial score (nSPS) is 19.2. The monoisotopic (exact) mass is 382 g/mol. The van der Waals surface area contributed by atoms with Crippen molar-refractivity contribution in [1.29, 1.82) is 0 Å². The molecule has 0 saturated heterocycles. The van der Waals surface area contributed by atoms with E-state index < -0.39 is 13.3 Å². The van der Waals surface area contributed by atoms with E-state index in [0.717, 1.165) is 4.75 Å². The van der Waals surface area contributed by atoms with Gasteiger partial charge in [0.1, 0.15) is 0 Å². The van der Waals surface area contributed by atoms with Crippen LogP contribution in [0.1, 0.15) is 38.3 Å². The first-order chi connectivity index (χ1) is 11.7. The van der Waals surface area contributed by atoms with Gasteiger partial charge in [0.25, 0.3) is 0 Å². The van der Waals surface area contributed by atoms with Crippen molar-refractivity contribution in [1.82, 2.24) is 0 Å². The van der Waals surface area contributed by atoms with Crippen LogP contribution in [0, 0.1) is 5.41 Å². The van der Waals surface area contributed by atoms with Crippen molar-refractivity contribution in [2.45, 2.75) is 60.5 Å². The second-order valence-corrected chi connectivity index (χ2v) is 19.5. The van der Waals surface area contributed by atoms with E-state index in [1.165, 1.54) is 46.1 Å². The summed E-state index contributed by atoms with van der Waals surface area (Å²) in [5.74, 6) is 0. The molecule has 1 aliphatic rings. The van der Waals surface area contributed by atoms with E-state index in [1.807, 2.05) is 0 Å². The van der Waals surface area contributed by atoms with Crippen LogP contribution in [0.4, 0.5) is 0 Å². The summed E-state index contributed by atoms with van der Waals surface area (Å²) < 4.78 is 1.05. The van der Waals surface area contributed by atoms with Gasteiger partial charge in [0.05, 0.1) is 0 Å². The van der Waals surface area contributed by atoms with Gasteiger partial charge in [0.2, 0.25) is 0 Å². The zero-order chi connectivity index (χ0) is 17.0. The van der Waals surface area contributed by atoms with Crippen molar-refractivity contribution < 1.29 is 0 Å². The van der Waals surface area contributed by atoms with Crippen LogP contribution in [-0.2, 0) is 12.8 Å². The van der Waals surface area contributed by atoms with Crippen LogP contribution in [0.15, 0.2) is 60.7 Å². The Morgan fingerprint density at radius 1 is 0.750 bits per heavy atom. The molecule has 0 bridgehead atoms. The van der Waals surface area contributed by atoms with Crippen molar-refractivity contribution in [3.63, 3.8) is 0 Å². The summed E-state index contributed by atoms with van der Waals surface area (Å²) in [4.78, 5) is 0. The molecule has 0 aliphatic heterocycles. The van der Waals surface area contributed by atoms with Gasteiger partial charge in [0, 0.05) is 0 Å². The van der Waals surface area contributed by atoms with Crippen LogP contribution in [0.3, 0.4) is 0 Å². The van der Waals surface area contributed by atoms with E-state index in [4.69, 9.17) is 0 Å². The van der Waals surface area contributed by atoms with Crippen LogP contribution >= 0.6 is 0 Å². The van der Waals surface area contributed by atoms with Crippen molar-refractivity contribution in [2.24, 2.45) is 5.41 Å². The van der Waals surface area contributed by atoms with Gasteiger partial charge < -0.3 is 0 Å². The second-order valence-electron chi connectivity index (χ2n) is 7.87. The molecule has 0 nitrogen and oxygen atoms in total. The molecule has 1 unspecified atom stereocenters. The van der Waals surface area contributed by atoms with E-state index >= 15 is 0 Å². The molecule has 0 radical (unpaired) electrons. The molecule has 1 fully saturated rings. The van der Waals surface area contributed by atoms with Gasteiger partial charge >= 0.3 is 151 Å². The van der Waals surface area contributed by atoms with Crippen molar-refractivity contribution >= 4 is 13.3 Å². The SMILES string of the molecule is C[CH2][Ge]([CH2]C)([CH2]C)[CH]1CC1(Cc1ccccc1)Cc1ccccc1. The van der Waals surface area contributed by atoms with E-state index in [2.05, 4.69) is 81.4 Å². The van der Waals surface area contributed by atoms with Crippen LogP contribution in [-0.4, -0.2) is 13.3 Å². The predicted molar refractivity (Wildman–Crippen MR) is 108 cm³/mol. The van der Waals surface area contributed by atoms with Crippen molar-refractivity contribution in [3.8, 4) is 0 Å². The second kappa shape index (κ2) is 7.48. The number of hydrogen-bond donors (Lipinski definition) is 0. The Balaban J connectivity index is 1.88. The van der Waals surface area contributed by atoms with Gasteiger partial charge in [0.15, 0.2) is 0 Å². The minimum atomic E-state index is -1.71. The molecule has 2 aromatic carbocycles. The van der Waals surface area contributed by atoms with Gasteiger partial charge in [-0.25, -0.2) is 0 Å². The Morgan fingerprint density at radius 2 is 1.17 bits per heavy atom. The van der Waals surface area contributed by atoms with Gasteiger partial charge in [-0.3, -0.25) is 0 Å². The predicted octanol–water partition coefficient (Wildman–Crippen LogP) is 6.74. The molecule has 0 N–H and O–H groups in total. The quantitative estimate of drug-likeness (QED) is 0.444. The summed E-state index contributed by atoms with van der Waals surface area (Å²) in [7, 11) is 0. The van der Waals surface area contributed by atoms with E-state index in [-0.39, 0.29) is 0 Å². The summed E-state index contributed by atoms with van der Waals surface area (Å²) in [6.07, 6.45) is 4.03. The fraction of sp³-hybridized carbons (Fsp3) is 0.478. The van der Waals surface area contributed by atoms with Crippen LogP contribution in [0.25, 0.3) is 0 Å². The molecule has 3 rings (SSSR count). The molecule has 0 aromatic heterocycles. The molecule has 1 heteroatoms. The van der Waals surface area contributed by atoms with Crippen LogP contribution in [0.2, 0.25) is 20.5 Å². The summed E-state index contributed by atoms with van der Waals surface area (Å²) in [6.45, 7) is 7.46. The Morgan fingerprint density at radius 3 is 1.54 bits per heavy atom. The van der Waals surface area contributed by atoms with Crippen molar-refractivity contribution in [3.05, 3.63) is 71.8 Å². The van der Waals surface area contributed by atoms with Gasteiger partial charge in [-0.1, -0.05) is 0 Å². The third-order valence-corrected chi connectivity index (χ3v) is 20.5. The van der Waals surface area contributed by atoms with E-state index in [1.54, 1.807) is 0 Å². The summed E-state index contributed by atoms with van der Waals surface area (Å²) in [5.41, 5.74) is 3.62. The van der Waals surface area contributed by atoms with Gasteiger partial charge in [-0.05, 0) is 0 Å². The molecule has 24 heavy (non-hydrogen) atoms. The average Bonchev–Trinajstić information content (AvgIpc) is 3.32. The molecule has 2 aromatic rings.